The fourth-order valence-corrected chi connectivity index (χ4v) is 10.1. The normalized spacial score (nSPS) is 23.4. The zero-order chi connectivity index (χ0) is 29.4. The van der Waals surface area contributed by atoms with Crippen molar-refractivity contribution in [3.8, 4) is 0 Å². The Balaban J connectivity index is 1.29. The van der Waals surface area contributed by atoms with Gasteiger partial charge in [0.25, 0.3) is 0 Å². The summed E-state index contributed by atoms with van der Waals surface area (Å²) in [6.45, 7) is 12.0. The van der Waals surface area contributed by atoms with Gasteiger partial charge in [0.05, 0.1) is 12.1 Å². The lowest BCUT2D eigenvalue weighted by molar-refractivity contribution is -0.164. The summed E-state index contributed by atoms with van der Waals surface area (Å²) in [7, 11) is -2.38. The van der Waals surface area contributed by atoms with Gasteiger partial charge in [0, 0.05) is 38.1 Å². The average Bonchev–Trinajstić information content (AvgIpc) is 3.54. The van der Waals surface area contributed by atoms with E-state index in [1.807, 2.05) is 51.1 Å². The first-order valence-corrected chi connectivity index (χ1v) is 17.4. The molecule has 12 heteroatoms. The van der Waals surface area contributed by atoms with Gasteiger partial charge in [-0.2, -0.15) is 5.06 Å². The van der Waals surface area contributed by atoms with Crippen molar-refractivity contribution in [3.63, 3.8) is 0 Å². The summed E-state index contributed by atoms with van der Waals surface area (Å²) < 4.78 is 11.5. The fraction of sp³-hybridized carbons (Fsp3) is 0.586. The lowest BCUT2D eigenvalue weighted by Crippen LogP contribution is -2.63. The minimum Gasteiger partial charge on any atom is -0.444 e. The Morgan fingerprint density at radius 3 is 2.41 bits per heavy atom. The molecule has 41 heavy (non-hydrogen) atoms. The third kappa shape index (κ3) is 6.19. The Morgan fingerprint density at radius 1 is 1.07 bits per heavy atom. The van der Waals surface area contributed by atoms with Crippen molar-refractivity contribution in [2.45, 2.75) is 89.9 Å². The molecule has 3 aliphatic heterocycles. The number of benzene rings is 1. The first-order valence-electron chi connectivity index (χ1n) is 14.5. The zero-order valence-corrected chi connectivity index (χ0v) is 25.7. The first-order chi connectivity index (χ1) is 19.5. The van der Waals surface area contributed by atoms with Gasteiger partial charge in [-0.25, -0.2) is 14.6 Å². The summed E-state index contributed by atoms with van der Waals surface area (Å²) in [5.41, 5.74) is 0.435. The highest BCUT2D eigenvalue weighted by atomic mass is 28.3. The topological polar surface area (TPSA) is 100 Å². The molecular formula is C29H42N6O5Si. The number of ether oxygens (including phenoxy) is 1. The molecule has 11 nitrogen and oxygen atoms in total. The summed E-state index contributed by atoms with van der Waals surface area (Å²) in [6.07, 6.45) is 7.18. The van der Waals surface area contributed by atoms with Crippen LogP contribution in [-0.4, -0.2) is 98.4 Å². The molecule has 1 aromatic carbocycles. The lowest BCUT2D eigenvalue weighted by atomic mass is 9.98. The van der Waals surface area contributed by atoms with Crippen molar-refractivity contribution >= 4 is 26.4 Å². The SMILES string of the molecule is CC(C)(C)OC(=O)N1CCC(N2C(=O)C3CC[C@@H](N(OCc4ccccc4)C(=O)n4ccnc4)CN3[Si]2(C)C)CC1. The highest BCUT2D eigenvalue weighted by Crippen LogP contribution is 2.39. The van der Waals surface area contributed by atoms with E-state index in [0.717, 1.165) is 18.4 Å². The van der Waals surface area contributed by atoms with Crippen molar-refractivity contribution in [1.82, 2.24) is 28.6 Å². The van der Waals surface area contributed by atoms with Gasteiger partial charge >= 0.3 is 12.1 Å². The Labute approximate surface area is 243 Å². The summed E-state index contributed by atoms with van der Waals surface area (Å²) >= 11 is 0. The summed E-state index contributed by atoms with van der Waals surface area (Å²) in [5, 5.41) is 1.49. The standard InChI is InChI=1S/C29H42N6O5Si/c1-29(2,3)40-28(38)31-16-13-23(14-17-31)35-26(36)25-12-11-24(19-33(25)41(35,4)5)34(27(37)32-18-15-30-21-32)39-20-22-9-7-6-8-10-22/h6-10,15,18,21,23-25H,11-14,16-17,19-20H2,1-5H3/t24-,25?/m1/s1. The van der Waals surface area contributed by atoms with E-state index in [1.165, 1.54) is 16.0 Å². The molecule has 0 spiro atoms. The lowest BCUT2D eigenvalue weighted by Gasteiger charge is -2.46. The van der Waals surface area contributed by atoms with Crippen LogP contribution in [0.3, 0.4) is 0 Å². The predicted molar refractivity (Wildman–Crippen MR) is 155 cm³/mol. The quantitative estimate of drug-likeness (QED) is 0.387. The van der Waals surface area contributed by atoms with Gasteiger partial charge < -0.3 is 14.2 Å². The molecule has 0 bridgehead atoms. The molecule has 3 amide bonds. The van der Waals surface area contributed by atoms with Crippen molar-refractivity contribution in [3.05, 3.63) is 54.6 Å². The van der Waals surface area contributed by atoms with E-state index < -0.39 is 14.0 Å². The molecule has 4 heterocycles. The molecule has 1 aromatic heterocycles. The van der Waals surface area contributed by atoms with Crippen molar-refractivity contribution in [1.29, 1.82) is 0 Å². The minimum absolute atomic E-state index is 0.0879. The van der Waals surface area contributed by atoms with Crippen molar-refractivity contribution in [2.75, 3.05) is 19.6 Å². The number of hydroxylamine groups is 2. The molecule has 3 aliphatic rings. The van der Waals surface area contributed by atoms with Crippen LogP contribution in [0, 0.1) is 0 Å². The molecule has 222 valence electrons. The van der Waals surface area contributed by atoms with E-state index in [2.05, 4.69) is 27.2 Å². The molecule has 5 rings (SSSR count). The van der Waals surface area contributed by atoms with Crippen LogP contribution in [-0.2, 0) is 21.0 Å². The van der Waals surface area contributed by atoms with Gasteiger partial charge in [-0.1, -0.05) is 30.3 Å². The molecule has 0 saturated carbocycles. The number of hydrogen-bond acceptors (Lipinski definition) is 7. The van der Waals surface area contributed by atoms with Crippen LogP contribution in [0.5, 0.6) is 0 Å². The number of amides is 3. The second-order valence-electron chi connectivity index (χ2n) is 12.6. The Kier molecular flexibility index (Phi) is 8.26. The van der Waals surface area contributed by atoms with Crippen LogP contribution in [0.25, 0.3) is 0 Å². The highest BCUT2D eigenvalue weighted by Gasteiger charge is 2.57. The molecular weight excluding hydrogens is 540 g/mol. The van der Waals surface area contributed by atoms with E-state index in [-0.39, 0.29) is 42.8 Å². The number of rotatable bonds is 5. The highest BCUT2D eigenvalue weighted by molar-refractivity contribution is 6.76. The van der Waals surface area contributed by atoms with Crippen LogP contribution in [0.15, 0.2) is 49.1 Å². The van der Waals surface area contributed by atoms with Crippen LogP contribution >= 0.6 is 0 Å². The molecule has 3 saturated heterocycles. The number of hydrogen-bond donors (Lipinski definition) is 0. The first kappa shape index (κ1) is 29.3. The Hall–Kier alpha value is -3.22. The molecule has 3 fully saturated rings. The number of likely N-dealkylation sites (tertiary alicyclic amines) is 1. The van der Waals surface area contributed by atoms with E-state index in [9.17, 15) is 14.4 Å². The van der Waals surface area contributed by atoms with E-state index >= 15 is 0 Å². The maximum Gasteiger partial charge on any atom is 0.410 e. The number of imidazole rings is 1. The second kappa shape index (κ2) is 11.6. The molecule has 0 radical (unpaired) electrons. The number of piperidine rings is 2. The monoisotopic (exact) mass is 582 g/mol. The van der Waals surface area contributed by atoms with E-state index in [0.29, 0.717) is 32.5 Å². The van der Waals surface area contributed by atoms with Crippen LogP contribution < -0.4 is 0 Å². The molecule has 2 aromatic rings. The smallest absolute Gasteiger partial charge is 0.410 e. The average molecular weight is 583 g/mol. The third-order valence-electron chi connectivity index (χ3n) is 8.31. The van der Waals surface area contributed by atoms with Gasteiger partial charge in [0.1, 0.15) is 18.5 Å². The Morgan fingerprint density at radius 2 is 1.78 bits per heavy atom. The maximum absolute atomic E-state index is 13.9. The number of carbonyl (C=O) groups excluding carboxylic acids is 3. The molecule has 1 unspecified atom stereocenters. The molecule has 0 N–H and O–H groups in total. The molecule has 0 aliphatic carbocycles. The van der Waals surface area contributed by atoms with Crippen molar-refractivity contribution in [2.24, 2.45) is 0 Å². The van der Waals surface area contributed by atoms with E-state index in [1.54, 1.807) is 17.3 Å². The summed E-state index contributed by atoms with van der Waals surface area (Å²) in [5.74, 6) is 0.188. The fourth-order valence-electron chi connectivity index (χ4n) is 6.35. The Bertz CT molecular complexity index is 1230. The summed E-state index contributed by atoms with van der Waals surface area (Å²) in [4.78, 5) is 52.0. The van der Waals surface area contributed by atoms with Crippen LogP contribution in [0.4, 0.5) is 9.59 Å². The molecule has 2 atom stereocenters. The number of nitrogens with zero attached hydrogens (tertiary/aromatic N) is 6. The number of aromatic nitrogens is 2. The van der Waals surface area contributed by atoms with Gasteiger partial charge in [0.2, 0.25) is 14.3 Å². The van der Waals surface area contributed by atoms with Crippen LogP contribution in [0.1, 0.15) is 52.0 Å². The summed E-state index contributed by atoms with van der Waals surface area (Å²) in [6, 6.07) is 9.18. The maximum atomic E-state index is 13.9. The van der Waals surface area contributed by atoms with Gasteiger partial charge in [-0.05, 0) is 65.1 Å². The largest absolute Gasteiger partial charge is 0.444 e. The minimum atomic E-state index is -2.38. The number of carbonyl (C=O) groups is 3. The van der Waals surface area contributed by atoms with Gasteiger partial charge in [-0.15, -0.1) is 0 Å². The third-order valence-corrected chi connectivity index (χ3v) is 12.0. The predicted octanol–water partition coefficient (Wildman–Crippen LogP) is 4.06. The number of fused-ring (bicyclic) bond motifs is 1. The van der Waals surface area contributed by atoms with Crippen molar-refractivity contribution < 1.29 is 24.0 Å². The second-order valence-corrected chi connectivity index (χ2v) is 16.7. The van der Waals surface area contributed by atoms with Crippen LogP contribution in [0.2, 0.25) is 13.1 Å². The van der Waals surface area contributed by atoms with E-state index in [4.69, 9.17) is 9.57 Å². The zero-order valence-electron chi connectivity index (χ0n) is 24.7. The van der Waals surface area contributed by atoms with Gasteiger partial charge in [0.15, 0.2) is 0 Å². The van der Waals surface area contributed by atoms with Gasteiger partial charge in [-0.3, -0.25) is 18.8 Å².